The van der Waals surface area contributed by atoms with Crippen LogP contribution in [-0.4, -0.2) is 11.0 Å². The summed E-state index contributed by atoms with van der Waals surface area (Å²) in [5.74, 6) is -0.615. The minimum atomic E-state index is -0.738. The summed E-state index contributed by atoms with van der Waals surface area (Å²) >= 11 is 0. The van der Waals surface area contributed by atoms with Gasteiger partial charge in [0.2, 0.25) is 0 Å². The van der Waals surface area contributed by atoms with E-state index in [1.165, 1.54) is 12.1 Å². The molecule has 76 valence electrons. The van der Waals surface area contributed by atoms with Gasteiger partial charge >= 0.3 is 0 Å². The zero-order chi connectivity index (χ0) is 9.84. The van der Waals surface area contributed by atoms with Crippen molar-refractivity contribution >= 4 is 24.1 Å². The number of anilines is 1. The van der Waals surface area contributed by atoms with Crippen molar-refractivity contribution in [1.82, 2.24) is 0 Å². The van der Waals surface area contributed by atoms with Gasteiger partial charge in [-0.3, -0.25) is 5.41 Å². The second-order valence-corrected chi connectivity index (χ2v) is 2.27. The number of nitrogens with one attached hydrogen (secondary N) is 1. The number of hydrazine groups is 1. The number of rotatable bonds is 2. The van der Waals surface area contributed by atoms with Gasteiger partial charge in [0.05, 0.1) is 0 Å². The van der Waals surface area contributed by atoms with Gasteiger partial charge in [0.15, 0.2) is 5.03 Å². The summed E-state index contributed by atoms with van der Waals surface area (Å²) in [5.41, 5.74) is 5.30. The van der Waals surface area contributed by atoms with Crippen molar-refractivity contribution in [1.29, 1.82) is 5.41 Å². The Morgan fingerprint density at radius 3 is 2.29 bits per heavy atom. The zero-order valence-electron chi connectivity index (χ0n) is 7.08. The third-order valence-electron chi connectivity index (χ3n) is 1.39. The number of hydrogen-bond donors (Lipinski definition) is 2. The maximum absolute atomic E-state index is 10.5. The minimum absolute atomic E-state index is 0. The Morgan fingerprint density at radius 2 is 1.93 bits per heavy atom. The Hall–Kier alpha value is -1.82. The molecule has 6 nitrogen and oxygen atoms in total. The van der Waals surface area contributed by atoms with Crippen LogP contribution >= 0.6 is 12.4 Å². The zero-order valence-corrected chi connectivity index (χ0v) is 7.90. The standard InChI is InChI=1S/C7H8N4O2.ClH/c8-7(9)10(11(12)13)6-4-2-1-3-5-6;/h1-5H,(H3,8,9);1H. The van der Waals surface area contributed by atoms with Crippen molar-refractivity contribution < 1.29 is 5.03 Å². The molecule has 1 rings (SSSR count). The van der Waals surface area contributed by atoms with Crippen molar-refractivity contribution in [3.8, 4) is 0 Å². The first kappa shape index (κ1) is 12.2. The number of nitrogens with two attached hydrogens (primary N) is 1. The highest BCUT2D eigenvalue weighted by molar-refractivity contribution is 5.89. The van der Waals surface area contributed by atoms with Crippen LogP contribution in [0.1, 0.15) is 0 Å². The maximum atomic E-state index is 10.5. The average Bonchev–Trinajstić information content (AvgIpc) is 2.04. The Morgan fingerprint density at radius 1 is 1.43 bits per heavy atom. The molecular formula is C7H9ClN4O2. The molecule has 0 heterocycles. The largest absolute Gasteiger partial charge is 0.365 e. The fourth-order valence-corrected chi connectivity index (χ4v) is 0.891. The third-order valence-corrected chi connectivity index (χ3v) is 1.39. The summed E-state index contributed by atoms with van der Waals surface area (Å²) < 4.78 is 0. The molecule has 1 aromatic carbocycles. The second-order valence-electron chi connectivity index (χ2n) is 2.27. The number of halogens is 1. The molecule has 0 spiro atoms. The number of benzene rings is 1. The van der Waals surface area contributed by atoms with Crippen LogP contribution in [0, 0.1) is 15.5 Å². The van der Waals surface area contributed by atoms with E-state index < -0.39 is 11.0 Å². The molecule has 0 bridgehead atoms. The Balaban J connectivity index is 0.00000169. The number of hydrogen-bond acceptors (Lipinski definition) is 3. The number of guanidine groups is 1. The predicted molar refractivity (Wildman–Crippen MR) is 55.1 cm³/mol. The van der Waals surface area contributed by atoms with Crippen LogP contribution in [0.5, 0.6) is 0 Å². The summed E-state index contributed by atoms with van der Waals surface area (Å²) in [6.07, 6.45) is 0. The lowest BCUT2D eigenvalue weighted by Gasteiger charge is -2.10. The number of nitro groups is 1. The highest BCUT2D eigenvalue weighted by Gasteiger charge is 2.19. The van der Waals surface area contributed by atoms with Gasteiger partial charge in [-0.25, -0.2) is 10.1 Å². The van der Waals surface area contributed by atoms with Crippen molar-refractivity contribution in [3.63, 3.8) is 0 Å². The van der Waals surface area contributed by atoms with Crippen LogP contribution in [0.2, 0.25) is 0 Å². The van der Waals surface area contributed by atoms with Gasteiger partial charge in [-0.1, -0.05) is 18.2 Å². The molecule has 0 unspecified atom stereocenters. The lowest BCUT2D eigenvalue weighted by molar-refractivity contribution is -0.479. The van der Waals surface area contributed by atoms with E-state index in [-0.39, 0.29) is 18.1 Å². The second kappa shape index (κ2) is 5.03. The molecule has 0 atom stereocenters. The SMILES string of the molecule is Cl.N=C(N)N(c1ccccc1)[N+](=O)[O-]. The van der Waals surface area contributed by atoms with Gasteiger partial charge in [-0.2, -0.15) is 0 Å². The average molecular weight is 217 g/mol. The van der Waals surface area contributed by atoms with Crippen molar-refractivity contribution in [2.45, 2.75) is 0 Å². The van der Waals surface area contributed by atoms with Gasteiger partial charge < -0.3 is 5.73 Å². The Labute approximate surface area is 86.4 Å². The van der Waals surface area contributed by atoms with Gasteiger partial charge in [-0.05, 0) is 17.1 Å². The fourth-order valence-electron chi connectivity index (χ4n) is 0.891. The van der Waals surface area contributed by atoms with E-state index in [9.17, 15) is 10.1 Å². The van der Waals surface area contributed by atoms with Gasteiger partial charge in [-0.15, -0.1) is 12.4 Å². The first-order chi connectivity index (χ1) is 6.13. The third kappa shape index (κ3) is 2.60. The summed E-state index contributed by atoms with van der Waals surface area (Å²) in [7, 11) is 0. The topological polar surface area (TPSA) is 96.2 Å². The van der Waals surface area contributed by atoms with E-state index >= 15 is 0 Å². The molecule has 0 amide bonds. The Kier molecular flexibility index (Phi) is 4.37. The molecule has 14 heavy (non-hydrogen) atoms. The van der Waals surface area contributed by atoms with Crippen LogP contribution < -0.4 is 10.7 Å². The van der Waals surface area contributed by atoms with Gasteiger partial charge in [0.25, 0.3) is 5.96 Å². The number of nitrogens with zero attached hydrogens (tertiary/aromatic N) is 2. The molecule has 0 aromatic heterocycles. The van der Waals surface area contributed by atoms with Crippen LogP contribution in [0.25, 0.3) is 0 Å². The summed E-state index contributed by atoms with van der Waals surface area (Å²) in [5, 5.41) is 17.2. The molecule has 0 radical (unpaired) electrons. The Bertz CT molecular complexity index is 316. The molecule has 1 aromatic rings. The maximum Gasteiger partial charge on any atom is 0.258 e. The van der Waals surface area contributed by atoms with E-state index in [2.05, 4.69) is 0 Å². The highest BCUT2D eigenvalue weighted by Crippen LogP contribution is 2.11. The molecule has 0 saturated heterocycles. The van der Waals surface area contributed by atoms with E-state index in [0.717, 1.165) is 0 Å². The molecule has 0 aliphatic carbocycles. The highest BCUT2D eigenvalue weighted by atomic mass is 35.5. The molecule has 0 saturated carbocycles. The molecule has 3 N–H and O–H groups in total. The van der Waals surface area contributed by atoms with Crippen LogP contribution in [-0.2, 0) is 0 Å². The lowest BCUT2D eigenvalue weighted by atomic mass is 10.3. The molecule has 0 aliphatic heterocycles. The normalized spacial score (nSPS) is 8.57. The van der Waals surface area contributed by atoms with Crippen LogP contribution in [0.15, 0.2) is 30.3 Å². The first-order valence-electron chi connectivity index (χ1n) is 3.46. The minimum Gasteiger partial charge on any atom is -0.365 e. The van der Waals surface area contributed by atoms with Gasteiger partial charge in [0.1, 0.15) is 5.69 Å². The summed E-state index contributed by atoms with van der Waals surface area (Å²) in [4.78, 5) is 10.5. The molecule has 0 fully saturated rings. The molecular weight excluding hydrogens is 208 g/mol. The smallest absolute Gasteiger partial charge is 0.258 e. The summed E-state index contributed by atoms with van der Waals surface area (Å²) in [6.45, 7) is 0. The molecule has 7 heteroatoms. The van der Waals surface area contributed by atoms with E-state index in [1.54, 1.807) is 18.2 Å². The van der Waals surface area contributed by atoms with Crippen LogP contribution in [0.3, 0.4) is 0 Å². The van der Waals surface area contributed by atoms with Crippen LogP contribution in [0.4, 0.5) is 5.69 Å². The monoisotopic (exact) mass is 216 g/mol. The quantitative estimate of drug-likeness (QED) is 0.334. The summed E-state index contributed by atoms with van der Waals surface area (Å²) in [6, 6.07) is 8.00. The number of para-hydroxylation sites is 1. The van der Waals surface area contributed by atoms with Crippen molar-refractivity contribution in [3.05, 3.63) is 40.4 Å². The molecule has 0 aliphatic rings. The van der Waals surface area contributed by atoms with E-state index in [4.69, 9.17) is 11.1 Å². The van der Waals surface area contributed by atoms with Crippen molar-refractivity contribution in [2.24, 2.45) is 5.73 Å². The fraction of sp³-hybridized carbons (Fsp3) is 0. The van der Waals surface area contributed by atoms with Crippen molar-refractivity contribution in [2.75, 3.05) is 5.01 Å². The first-order valence-corrected chi connectivity index (χ1v) is 3.46. The predicted octanol–water partition coefficient (Wildman–Crippen LogP) is 1.000. The van der Waals surface area contributed by atoms with E-state index in [0.29, 0.717) is 5.01 Å². The van der Waals surface area contributed by atoms with Gasteiger partial charge in [0, 0.05) is 0 Å². The van der Waals surface area contributed by atoms with E-state index in [1.807, 2.05) is 0 Å². The lowest BCUT2D eigenvalue weighted by Crippen LogP contribution is -2.40.